The number of hydrazine groups is 1. The second kappa shape index (κ2) is 10.9. The Morgan fingerprint density at radius 3 is 2.37 bits per heavy atom. The molecule has 0 saturated heterocycles. The average Bonchev–Trinajstić information content (AvgIpc) is 2.67. The Kier molecular flexibility index (Phi) is 8.61. The summed E-state index contributed by atoms with van der Waals surface area (Å²) in [5.41, 5.74) is 7.14. The molecule has 0 fully saturated rings. The van der Waals surface area contributed by atoms with E-state index in [1.165, 1.54) is 0 Å². The standard InChI is InChI=1S/C21H24BrN3O4S/c1-12(2)29-17-9-8-15(10-16(17)22)20(27)23-21(30)25-24-18(26)11-28-19-13(3)6-5-7-14(19)4/h5-10,12H,11H2,1-4H3,(H,24,26)(H2,23,25,27,30). The second-order valence-corrected chi connectivity index (χ2v) is 8.04. The lowest BCUT2D eigenvalue weighted by Gasteiger charge is -2.14. The summed E-state index contributed by atoms with van der Waals surface area (Å²) in [4.78, 5) is 24.3. The Bertz CT molecular complexity index is 930. The predicted molar refractivity (Wildman–Crippen MR) is 123 cm³/mol. The lowest BCUT2D eigenvalue weighted by molar-refractivity contribution is -0.123. The van der Waals surface area contributed by atoms with Gasteiger partial charge in [0.15, 0.2) is 11.7 Å². The fourth-order valence-corrected chi connectivity index (χ4v) is 3.14. The molecule has 2 amide bonds. The molecule has 0 radical (unpaired) electrons. The Balaban J connectivity index is 1.82. The molecule has 2 aromatic carbocycles. The number of thiocarbonyl (C=S) groups is 1. The minimum atomic E-state index is -0.438. The van der Waals surface area contributed by atoms with E-state index in [2.05, 4.69) is 32.1 Å². The number of ether oxygens (including phenoxy) is 2. The van der Waals surface area contributed by atoms with Gasteiger partial charge < -0.3 is 9.47 Å². The van der Waals surface area contributed by atoms with Crippen molar-refractivity contribution in [2.45, 2.75) is 33.8 Å². The molecule has 0 atom stereocenters. The first-order valence-electron chi connectivity index (χ1n) is 9.22. The molecule has 7 nitrogen and oxygen atoms in total. The molecule has 0 aliphatic carbocycles. The number of amides is 2. The van der Waals surface area contributed by atoms with Crippen molar-refractivity contribution in [3.63, 3.8) is 0 Å². The van der Waals surface area contributed by atoms with Gasteiger partial charge in [-0.25, -0.2) is 0 Å². The SMILES string of the molecule is Cc1cccc(C)c1OCC(=O)NNC(=S)NC(=O)c1ccc(OC(C)C)c(Br)c1. The maximum absolute atomic E-state index is 12.3. The van der Waals surface area contributed by atoms with E-state index in [9.17, 15) is 9.59 Å². The number of halogens is 1. The lowest BCUT2D eigenvalue weighted by atomic mass is 10.1. The zero-order valence-corrected chi connectivity index (χ0v) is 19.6. The molecule has 2 aromatic rings. The fraction of sp³-hybridized carbons (Fsp3) is 0.286. The van der Waals surface area contributed by atoms with Gasteiger partial charge in [0.2, 0.25) is 0 Å². The minimum absolute atomic E-state index is 0.0139. The van der Waals surface area contributed by atoms with Gasteiger partial charge in [-0.1, -0.05) is 18.2 Å². The maximum Gasteiger partial charge on any atom is 0.276 e. The van der Waals surface area contributed by atoms with Gasteiger partial charge in [0.05, 0.1) is 10.6 Å². The van der Waals surface area contributed by atoms with Crippen LogP contribution in [0, 0.1) is 13.8 Å². The summed E-state index contributed by atoms with van der Waals surface area (Å²) in [5.74, 6) is 0.440. The van der Waals surface area contributed by atoms with Gasteiger partial charge in [0, 0.05) is 5.56 Å². The molecular weight excluding hydrogens is 470 g/mol. The highest BCUT2D eigenvalue weighted by Crippen LogP contribution is 2.27. The van der Waals surface area contributed by atoms with Gasteiger partial charge in [0.1, 0.15) is 11.5 Å². The van der Waals surface area contributed by atoms with Gasteiger partial charge in [-0.05, 0) is 85.2 Å². The molecule has 0 aromatic heterocycles. The van der Waals surface area contributed by atoms with Crippen LogP contribution in [0.2, 0.25) is 0 Å². The molecule has 0 unspecified atom stereocenters. The number of aryl methyl sites for hydroxylation is 2. The molecule has 160 valence electrons. The molecule has 0 aliphatic heterocycles. The summed E-state index contributed by atoms with van der Waals surface area (Å²) < 4.78 is 11.8. The lowest BCUT2D eigenvalue weighted by Crippen LogP contribution is -2.49. The zero-order chi connectivity index (χ0) is 22.3. The monoisotopic (exact) mass is 493 g/mol. The first kappa shape index (κ1) is 23.6. The van der Waals surface area contributed by atoms with Crippen molar-refractivity contribution in [3.8, 4) is 11.5 Å². The Hall–Kier alpha value is -2.65. The molecule has 0 aliphatic rings. The maximum atomic E-state index is 12.3. The number of rotatable bonds is 6. The second-order valence-electron chi connectivity index (χ2n) is 6.78. The highest BCUT2D eigenvalue weighted by Gasteiger charge is 2.12. The quantitative estimate of drug-likeness (QED) is 0.421. The molecule has 2 rings (SSSR count). The third kappa shape index (κ3) is 7.00. The van der Waals surface area contributed by atoms with Crippen LogP contribution in [0.5, 0.6) is 11.5 Å². The molecular formula is C21H24BrN3O4S. The van der Waals surface area contributed by atoms with Crippen LogP contribution >= 0.6 is 28.1 Å². The van der Waals surface area contributed by atoms with E-state index in [1.807, 2.05) is 45.9 Å². The number of nitrogens with one attached hydrogen (secondary N) is 3. The van der Waals surface area contributed by atoms with Crippen LogP contribution in [0.3, 0.4) is 0 Å². The average molecular weight is 494 g/mol. The van der Waals surface area contributed by atoms with E-state index in [-0.39, 0.29) is 17.8 Å². The Morgan fingerprint density at radius 2 is 1.77 bits per heavy atom. The number of hydrogen-bond acceptors (Lipinski definition) is 5. The molecule has 0 bridgehead atoms. The van der Waals surface area contributed by atoms with Crippen LogP contribution in [0.4, 0.5) is 0 Å². The molecule has 3 N–H and O–H groups in total. The molecule has 9 heteroatoms. The predicted octanol–water partition coefficient (Wildman–Crippen LogP) is 3.57. The van der Waals surface area contributed by atoms with Crippen molar-refractivity contribution in [1.82, 2.24) is 16.2 Å². The number of para-hydroxylation sites is 1. The van der Waals surface area contributed by atoms with E-state index in [1.54, 1.807) is 18.2 Å². The van der Waals surface area contributed by atoms with E-state index < -0.39 is 11.8 Å². The van der Waals surface area contributed by atoms with Crippen LogP contribution in [0.15, 0.2) is 40.9 Å². The summed E-state index contributed by atoms with van der Waals surface area (Å²) in [6.07, 6.45) is 0.0139. The number of benzene rings is 2. The van der Waals surface area contributed by atoms with Crippen LogP contribution in [-0.4, -0.2) is 29.6 Å². The summed E-state index contributed by atoms with van der Waals surface area (Å²) in [7, 11) is 0. The molecule has 0 heterocycles. The summed E-state index contributed by atoms with van der Waals surface area (Å²) in [5, 5.41) is 2.45. The summed E-state index contributed by atoms with van der Waals surface area (Å²) >= 11 is 8.43. The van der Waals surface area contributed by atoms with Crippen molar-refractivity contribution in [2.75, 3.05) is 6.61 Å². The highest BCUT2D eigenvalue weighted by molar-refractivity contribution is 9.10. The number of hydrogen-bond donors (Lipinski definition) is 3. The highest BCUT2D eigenvalue weighted by atomic mass is 79.9. The van der Waals surface area contributed by atoms with E-state index >= 15 is 0 Å². The normalized spacial score (nSPS) is 10.3. The van der Waals surface area contributed by atoms with Gasteiger partial charge in [-0.15, -0.1) is 0 Å². The fourth-order valence-electron chi connectivity index (χ4n) is 2.53. The van der Waals surface area contributed by atoms with Crippen molar-refractivity contribution in [2.24, 2.45) is 0 Å². The van der Waals surface area contributed by atoms with Gasteiger partial charge in [0.25, 0.3) is 11.8 Å². The van der Waals surface area contributed by atoms with E-state index in [4.69, 9.17) is 21.7 Å². The third-order valence-electron chi connectivity index (χ3n) is 3.86. The molecule has 0 spiro atoms. The third-order valence-corrected chi connectivity index (χ3v) is 4.68. The van der Waals surface area contributed by atoms with Gasteiger partial charge >= 0.3 is 0 Å². The zero-order valence-electron chi connectivity index (χ0n) is 17.2. The van der Waals surface area contributed by atoms with E-state index in [0.717, 1.165) is 11.1 Å². The largest absolute Gasteiger partial charge is 0.490 e. The first-order valence-corrected chi connectivity index (χ1v) is 10.4. The minimum Gasteiger partial charge on any atom is -0.490 e. The Morgan fingerprint density at radius 1 is 1.10 bits per heavy atom. The van der Waals surface area contributed by atoms with E-state index in [0.29, 0.717) is 21.5 Å². The van der Waals surface area contributed by atoms with Crippen molar-refractivity contribution in [1.29, 1.82) is 0 Å². The van der Waals surface area contributed by atoms with Crippen LogP contribution < -0.4 is 25.6 Å². The van der Waals surface area contributed by atoms with Crippen LogP contribution in [-0.2, 0) is 4.79 Å². The van der Waals surface area contributed by atoms with Gasteiger partial charge in [-0.3, -0.25) is 25.8 Å². The summed E-state index contributed by atoms with van der Waals surface area (Å²) in [6.45, 7) is 7.45. The smallest absolute Gasteiger partial charge is 0.276 e. The molecule has 0 saturated carbocycles. The van der Waals surface area contributed by atoms with Crippen molar-refractivity contribution in [3.05, 3.63) is 57.6 Å². The van der Waals surface area contributed by atoms with Crippen molar-refractivity contribution < 1.29 is 19.1 Å². The topological polar surface area (TPSA) is 88.7 Å². The Labute approximate surface area is 189 Å². The summed E-state index contributed by atoms with van der Waals surface area (Å²) in [6, 6.07) is 10.7. The first-order chi connectivity index (χ1) is 14.2. The van der Waals surface area contributed by atoms with Crippen molar-refractivity contribution >= 4 is 45.1 Å². The number of carbonyl (C=O) groups excluding carboxylic acids is 2. The van der Waals surface area contributed by atoms with Gasteiger partial charge in [-0.2, -0.15) is 0 Å². The van der Waals surface area contributed by atoms with Crippen LogP contribution in [0.1, 0.15) is 35.3 Å². The molecule has 30 heavy (non-hydrogen) atoms. The number of carbonyl (C=O) groups is 2. The van der Waals surface area contributed by atoms with Crippen LogP contribution in [0.25, 0.3) is 0 Å².